The summed E-state index contributed by atoms with van der Waals surface area (Å²) in [5, 5.41) is 10.6. The molecule has 3 nitrogen and oxygen atoms in total. The third-order valence-corrected chi connectivity index (χ3v) is 5.13. The molecule has 2 aliphatic rings. The molecule has 3 heteroatoms. The Balaban J connectivity index is 1.78. The number of nitrogens with zero attached hydrogens (tertiary/aromatic N) is 1. The Bertz CT molecular complexity index is 520. The lowest BCUT2D eigenvalue weighted by molar-refractivity contribution is -0.129. The van der Waals surface area contributed by atoms with Crippen LogP contribution in [-0.4, -0.2) is 22.5 Å². The molecule has 21 heavy (non-hydrogen) atoms. The van der Waals surface area contributed by atoms with Crippen molar-refractivity contribution in [2.75, 3.05) is 6.54 Å². The quantitative estimate of drug-likeness (QED) is 0.907. The molecule has 0 saturated heterocycles. The molecule has 1 unspecified atom stereocenters. The van der Waals surface area contributed by atoms with Gasteiger partial charge in [0.15, 0.2) is 0 Å². The summed E-state index contributed by atoms with van der Waals surface area (Å²) in [6, 6.07) is 6.36. The van der Waals surface area contributed by atoms with E-state index in [4.69, 9.17) is 0 Å². The van der Waals surface area contributed by atoms with E-state index in [2.05, 4.69) is 18.2 Å². The molecule has 1 aromatic carbocycles. The summed E-state index contributed by atoms with van der Waals surface area (Å²) in [4.78, 5) is 13.4. The maximum absolute atomic E-state index is 11.6. The highest BCUT2D eigenvalue weighted by atomic mass is 16.3. The van der Waals surface area contributed by atoms with Gasteiger partial charge in [-0.15, -0.1) is 0 Å². The van der Waals surface area contributed by atoms with E-state index in [1.165, 1.54) is 30.4 Å². The maximum Gasteiger partial charge on any atom is 0.219 e. The highest BCUT2D eigenvalue weighted by Gasteiger charge is 2.25. The lowest BCUT2D eigenvalue weighted by Crippen LogP contribution is -2.34. The van der Waals surface area contributed by atoms with Crippen LogP contribution in [-0.2, 0) is 17.8 Å². The summed E-state index contributed by atoms with van der Waals surface area (Å²) in [7, 11) is 0. The third-order valence-electron chi connectivity index (χ3n) is 5.13. The number of fused-ring (bicyclic) bond motifs is 1. The first-order chi connectivity index (χ1) is 10.1. The van der Waals surface area contributed by atoms with Gasteiger partial charge in [0, 0.05) is 20.0 Å². The van der Waals surface area contributed by atoms with Gasteiger partial charge in [-0.25, -0.2) is 0 Å². The molecule has 1 aromatic rings. The van der Waals surface area contributed by atoms with Crippen LogP contribution in [0.3, 0.4) is 0 Å². The average molecular weight is 287 g/mol. The number of carbonyl (C=O) groups is 1. The molecule has 3 rings (SSSR count). The van der Waals surface area contributed by atoms with Gasteiger partial charge in [0.25, 0.3) is 0 Å². The Labute approximate surface area is 127 Å². The van der Waals surface area contributed by atoms with Crippen molar-refractivity contribution in [3.05, 3.63) is 34.9 Å². The fraction of sp³-hybridized carbons (Fsp3) is 0.611. The molecule has 1 fully saturated rings. The van der Waals surface area contributed by atoms with Crippen molar-refractivity contribution in [2.24, 2.45) is 5.92 Å². The van der Waals surface area contributed by atoms with E-state index < -0.39 is 0 Å². The van der Waals surface area contributed by atoms with E-state index in [1.807, 2.05) is 4.90 Å². The second kappa shape index (κ2) is 6.18. The van der Waals surface area contributed by atoms with Gasteiger partial charge in [-0.2, -0.15) is 0 Å². The van der Waals surface area contributed by atoms with Crippen LogP contribution >= 0.6 is 0 Å². The molecule has 0 bridgehead atoms. The van der Waals surface area contributed by atoms with E-state index in [-0.39, 0.29) is 12.0 Å². The largest absolute Gasteiger partial charge is 0.388 e. The summed E-state index contributed by atoms with van der Waals surface area (Å²) < 4.78 is 0. The molecular weight excluding hydrogens is 262 g/mol. The number of carbonyl (C=O) groups excluding carboxylic acids is 1. The molecule has 1 aliphatic heterocycles. The fourth-order valence-corrected chi connectivity index (χ4v) is 3.75. The SMILES string of the molecule is CC(=O)N1CCc2ccc(C(O)C3CCCCC3)cc2C1. The van der Waals surface area contributed by atoms with Crippen LogP contribution in [0.5, 0.6) is 0 Å². The summed E-state index contributed by atoms with van der Waals surface area (Å²) in [6.07, 6.45) is 6.64. The first-order valence-electron chi connectivity index (χ1n) is 8.20. The van der Waals surface area contributed by atoms with Crippen LogP contribution in [0.15, 0.2) is 18.2 Å². The molecule has 1 atom stereocenters. The molecule has 1 saturated carbocycles. The number of amides is 1. The van der Waals surface area contributed by atoms with Crippen LogP contribution in [0.25, 0.3) is 0 Å². The van der Waals surface area contributed by atoms with Crippen molar-refractivity contribution in [1.82, 2.24) is 4.90 Å². The number of rotatable bonds is 2. The van der Waals surface area contributed by atoms with Crippen LogP contribution in [0.1, 0.15) is 61.8 Å². The highest BCUT2D eigenvalue weighted by Crippen LogP contribution is 2.35. The van der Waals surface area contributed by atoms with Gasteiger partial charge in [-0.1, -0.05) is 37.5 Å². The molecule has 0 aromatic heterocycles. The minimum atomic E-state index is -0.344. The molecule has 0 radical (unpaired) electrons. The van der Waals surface area contributed by atoms with Crippen molar-refractivity contribution in [1.29, 1.82) is 0 Å². The minimum absolute atomic E-state index is 0.138. The van der Waals surface area contributed by atoms with Gasteiger partial charge in [0.1, 0.15) is 0 Å². The van der Waals surface area contributed by atoms with Crippen molar-refractivity contribution in [2.45, 2.75) is 58.1 Å². The van der Waals surface area contributed by atoms with E-state index in [1.54, 1.807) is 6.92 Å². The molecule has 0 spiro atoms. The summed E-state index contributed by atoms with van der Waals surface area (Å²) in [5.41, 5.74) is 3.57. The van der Waals surface area contributed by atoms with Crippen molar-refractivity contribution in [3.63, 3.8) is 0 Å². The predicted octanol–water partition coefficient (Wildman–Crippen LogP) is 3.20. The van der Waals surface area contributed by atoms with Gasteiger partial charge < -0.3 is 10.0 Å². The number of aliphatic hydroxyl groups is 1. The van der Waals surface area contributed by atoms with Gasteiger partial charge in [-0.05, 0) is 41.9 Å². The molecule has 1 N–H and O–H groups in total. The Morgan fingerprint density at radius 2 is 2.00 bits per heavy atom. The first kappa shape index (κ1) is 14.6. The number of hydrogen-bond donors (Lipinski definition) is 1. The summed E-state index contributed by atoms with van der Waals surface area (Å²) in [6.45, 7) is 3.13. The second-order valence-corrected chi connectivity index (χ2v) is 6.56. The number of hydrogen-bond acceptors (Lipinski definition) is 2. The van der Waals surface area contributed by atoms with Gasteiger partial charge in [0.05, 0.1) is 6.10 Å². The van der Waals surface area contributed by atoms with Gasteiger partial charge in [0.2, 0.25) is 5.91 Å². The van der Waals surface area contributed by atoms with Crippen LogP contribution in [0.2, 0.25) is 0 Å². The number of benzene rings is 1. The molecule has 1 heterocycles. The normalized spacial score (nSPS) is 21.0. The smallest absolute Gasteiger partial charge is 0.219 e. The highest BCUT2D eigenvalue weighted by molar-refractivity contribution is 5.73. The maximum atomic E-state index is 11.6. The predicted molar refractivity (Wildman–Crippen MR) is 82.8 cm³/mol. The Hall–Kier alpha value is -1.35. The minimum Gasteiger partial charge on any atom is -0.388 e. The first-order valence-corrected chi connectivity index (χ1v) is 8.20. The van der Waals surface area contributed by atoms with E-state index >= 15 is 0 Å². The van der Waals surface area contributed by atoms with Crippen molar-refractivity contribution in [3.8, 4) is 0 Å². The Kier molecular flexibility index (Phi) is 4.29. The van der Waals surface area contributed by atoms with Crippen molar-refractivity contribution >= 4 is 5.91 Å². The van der Waals surface area contributed by atoms with Gasteiger partial charge in [-0.3, -0.25) is 4.79 Å². The molecular formula is C18H25NO2. The second-order valence-electron chi connectivity index (χ2n) is 6.56. The summed E-state index contributed by atoms with van der Waals surface area (Å²) in [5.74, 6) is 0.545. The van der Waals surface area contributed by atoms with Crippen LogP contribution in [0.4, 0.5) is 0 Å². The van der Waals surface area contributed by atoms with Crippen LogP contribution < -0.4 is 0 Å². The van der Waals surface area contributed by atoms with E-state index in [0.717, 1.165) is 31.4 Å². The van der Waals surface area contributed by atoms with E-state index in [0.29, 0.717) is 12.5 Å². The monoisotopic (exact) mass is 287 g/mol. The molecule has 1 aliphatic carbocycles. The fourth-order valence-electron chi connectivity index (χ4n) is 3.75. The summed E-state index contributed by atoms with van der Waals surface area (Å²) >= 11 is 0. The van der Waals surface area contributed by atoms with Crippen molar-refractivity contribution < 1.29 is 9.90 Å². The van der Waals surface area contributed by atoms with E-state index in [9.17, 15) is 9.90 Å². The Morgan fingerprint density at radius 3 is 2.71 bits per heavy atom. The number of aliphatic hydroxyl groups excluding tert-OH is 1. The van der Waals surface area contributed by atoms with Crippen LogP contribution in [0, 0.1) is 5.92 Å². The standard InChI is InChI=1S/C18H25NO2/c1-13(20)19-10-9-14-7-8-16(11-17(14)12-19)18(21)15-5-3-2-4-6-15/h7-8,11,15,18,21H,2-6,9-10,12H2,1H3. The Morgan fingerprint density at radius 1 is 1.24 bits per heavy atom. The lowest BCUT2D eigenvalue weighted by Gasteiger charge is -2.30. The third kappa shape index (κ3) is 3.13. The molecule has 114 valence electrons. The van der Waals surface area contributed by atoms with Gasteiger partial charge >= 0.3 is 0 Å². The zero-order chi connectivity index (χ0) is 14.8. The molecule has 1 amide bonds. The zero-order valence-electron chi connectivity index (χ0n) is 12.8. The lowest BCUT2D eigenvalue weighted by atomic mass is 9.82. The topological polar surface area (TPSA) is 40.5 Å². The average Bonchev–Trinajstić information content (AvgIpc) is 2.54. The zero-order valence-corrected chi connectivity index (χ0v) is 12.8.